The van der Waals surface area contributed by atoms with Crippen molar-refractivity contribution in [2.75, 3.05) is 13.7 Å². The molecule has 0 radical (unpaired) electrons. The smallest absolute Gasteiger partial charge is 0.309 e. The van der Waals surface area contributed by atoms with Crippen LogP contribution in [0.5, 0.6) is 0 Å². The molecule has 9 heteroatoms. The molecule has 214 valence electrons. The van der Waals surface area contributed by atoms with Crippen molar-refractivity contribution in [2.24, 2.45) is 17.8 Å². The first-order valence-electron chi connectivity index (χ1n) is 13.1. The number of hydrogen-bond acceptors (Lipinski definition) is 8. The predicted molar refractivity (Wildman–Crippen MR) is 147 cm³/mol. The van der Waals surface area contributed by atoms with Crippen LogP contribution in [0.3, 0.4) is 0 Å². The van der Waals surface area contributed by atoms with Crippen molar-refractivity contribution in [1.29, 1.82) is 0 Å². The molecule has 0 spiro atoms. The lowest BCUT2D eigenvalue weighted by Gasteiger charge is -2.24. The number of hydrogen-bond donors (Lipinski definition) is 1. The third-order valence-electron chi connectivity index (χ3n) is 6.28. The van der Waals surface area contributed by atoms with Crippen molar-refractivity contribution in [2.45, 2.75) is 45.8 Å². The van der Waals surface area contributed by atoms with E-state index in [4.69, 9.17) is 14.2 Å². The van der Waals surface area contributed by atoms with Gasteiger partial charge in [0.05, 0.1) is 31.8 Å². The number of carbonyl (C=O) groups is 5. The third kappa shape index (κ3) is 10.5. The molecule has 2 aromatic carbocycles. The maximum atomic E-state index is 13.5. The summed E-state index contributed by atoms with van der Waals surface area (Å²) in [6.45, 7) is 7.16. The summed E-state index contributed by atoms with van der Waals surface area (Å²) in [4.78, 5) is 64.2. The van der Waals surface area contributed by atoms with Gasteiger partial charge in [-0.3, -0.25) is 24.0 Å². The Hall–Kier alpha value is -4.27. The summed E-state index contributed by atoms with van der Waals surface area (Å²) in [7, 11) is 1.18. The van der Waals surface area contributed by atoms with Crippen LogP contribution < -0.4 is 5.32 Å². The quantitative estimate of drug-likeness (QED) is 0.188. The molecule has 0 saturated carbocycles. The van der Waals surface area contributed by atoms with E-state index in [0.29, 0.717) is 5.56 Å². The Morgan fingerprint density at radius 3 is 2.02 bits per heavy atom. The van der Waals surface area contributed by atoms with Gasteiger partial charge >= 0.3 is 17.9 Å². The Morgan fingerprint density at radius 2 is 1.45 bits per heavy atom. The van der Waals surface area contributed by atoms with E-state index in [9.17, 15) is 24.0 Å². The second-order valence-electron chi connectivity index (χ2n) is 9.62. The number of ketones is 1. The number of rotatable bonds is 16. The molecule has 9 nitrogen and oxygen atoms in total. The average Bonchev–Trinajstić information content (AvgIpc) is 2.96. The zero-order chi connectivity index (χ0) is 29.5. The Balaban J connectivity index is 2.22. The van der Waals surface area contributed by atoms with E-state index in [0.717, 1.165) is 5.56 Å². The number of Topliss-reactive ketones (excluding diaryl/α,β-unsaturated/α-hetero) is 1. The summed E-state index contributed by atoms with van der Waals surface area (Å²) in [6.07, 6.45) is 0.470. The van der Waals surface area contributed by atoms with Crippen molar-refractivity contribution in [3.63, 3.8) is 0 Å². The number of esters is 3. The molecule has 0 bridgehead atoms. The van der Waals surface area contributed by atoms with Gasteiger partial charge in [0.1, 0.15) is 19.3 Å². The lowest BCUT2D eigenvalue weighted by atomic mass is 9.87. The van der Waals surface area contributed by atoms with Crippen LogP contribution >= 0.6 is 0 Å². The highest BCUT2D eigenvalue weighted by Crippen LogP contribution is 2.25. The monoisotopic (exact) mass is 551 g/mol. The van der Waals surface area contributed by atoms with Crippen molar-refractivity contribution < 1.29 is 38.2 Å². The molecule has 0 aliphatic rings. The Bertz CT molecular complexity index is 1150. The molecule has 1 N–H and O–H groups in total. The molecular formula is C31H37NO8. The summed E-state index contributed by atoms with van der Waals surface area (Å²) in [5.41, 5.74) is 1.26. The van der Waals surface area contributed by atoms with Crippen LogP contribution in [-0.4, -0.2) is 43.3 Å². The molecule has 0 unspecified atom stereocenters. The first-order valence-corrected chi connectivity index (χ1v) is 13.1. The van der Waals surface area contributed by atoms with Gasteiger partial charge < -0.3 is 19.5 Å². The maximum absolute atomic E-state index is 13.5. The number of amides is 1. The molecule has 0 heterocycles. The van der Waals surface area contributed by atoms with Crippen molar-refractivity contribution in [3.05, 3.63) is 84.4 Å². The van der Waals surface area contributed by atoms with Crippen molar-refractivity contribution >= 4 is 29.6 Å². The lowest BCUT2D eigenvalue weighted by Crippen LogP contribution is -2.40. The molecule has 3 atom stereocenters. The average molecular weight is 552 g/mol. The van der Waals surface area contributed by atoms with Crippen LogP contribution in [0.4, 0.5) is 0 Å². The van der Waals surface area contributed by atoms with Gasteiger partial charge in [-0.05, 0) is 17.0 Å². The van der Waals surface area contributed by atoms with Crippen molar-refractivity contribution in [1.82, 2.24) is 5.32 Å². The topological polar surface area (TPSA) is 125 Å². The lowest BCUT2D eigenvalue weighted by molar-refractivity contribution is -0.152. The fraction of sp³-hybridized carbons (Fsp3) is 0.387. The fourth-order valence-corrected chi connectivity index (χ4v) is 3.97. The van der Waals surface area contributed by atoms with Crippen LogP contribution in [0.25, 0.3) is 0 Å². The number of nitrogens with one attached hydrogen (secondary N) is 1. The van der Waals surface area contributed by atoms with Crippen LogP contribution in [0.15, 0.2) is 73.3 Å². The highest BCUT2D eigenvalue weighted by molar-refractivity contribution is 5.94. The van der Waals surface area contributed by atoms with E-state index in [2.05, 4.69) is 11.9 Å². The number of methoxy groups -OCH3 is 1. The maximum Gasteiger partial charge on any atom is 0.309 e. The minimum absolute atomic E-state index is 0.00983. The second kappa shape index (κ2) is 16.6. The molecule has 1 amide bonds. The van der Waals surface area contributed by atoms with Gasteiger partial charge in [-0.1, -0.05) is 87.2 Å². The summed E-state index contributed by atoms with van der Waals surface area (Å²) in [5, 5.41) is 2.70. The SMILES string of the molecule is C=CCOC(=O)[C@@H](CC(=O)[C@@H](NC(=O)[C@H](CC(=O)OC)CC(=O)OCc1ccccc1)c1ccccc1)C(C)C. The summed E-state index contributed by atoms with van der Waals surface area (Å²) in [5.74, 6) is -5.12. The van der Waals surface area contributed by atoms with Gasteiger partial charge in [-0.15, -0.1) is 0 Å². The largest absolute Gasteiger partial charge is 0.469 e. The summed E-state index contributed by atoms with van der Waals surface area (Å²) >= 11 is 0. The van der Waals surface area contributed by atoms with Crippen LogP contribution in [-0.2, 0) is 44.8 Å². The van der Waals surface area contributed by atoms with E-state index in [1.807, 2.05) is 6.07 Å². The molecule has 0 aliphatic heterocycles. The Morgan fingerprint density at radius 1 is 0.850 bits per heavy atom. The number of ether oxygens (including phenoxy) is 3. The van der Waals surface area contributed by atoms with Crippen LogP contribution in [0.1, 0.15) is 50.3 Å². The van der Waals surface area contributed by atoms with Crippen molar-refractivity contribution in [3.8, 4) is 0 Å². The third-order valence-corrected chi connectivity index (χ3v) is 6.28. The highest BCUT2D eigenvalue weighted by Gasteiger charge is 2.34. The van der Waals surface area contributed by atoms with E-state index < -0.39 is 53.9 Å². The predicted octanol–water partition coefficient (Wildman–Crippen LogP) is 4.12. The summed E-state index contributed by atoms with van der Waals surface area (Å²) < 4.78 is 15.2. The van der Waals surface area contributed by atoms with Crippen LogP contribution in [0, 0.1) is 17.8 Å². The molecule has 0 saturated heterocycles. The van der Waals surface area contributed by atoms with Gasteiger partial charge in [0, 0.05) is 6.42 Å². The van der Waals surface area contributed by atoms with Gasteiger partial charge in [0.2, 0.25) is 5.91 Å². The zero-order valence-corrected chi connectivity index (χ0v) is 23.2. The minimum Gasteiger partial charge on any atom is -0.469 e. The number of benzene rings is 2. The molecule has 0 aromatic heterocycles. The first-order chi connectivity index (χ1) is 19.2. The fourth-order valence-electron chi connectivity index (χ4n) is 3.97. The molecule has 2 aromatic rings. The Kier molecular flexibility index (Phi) is 13.3. The molecular weight excluding hydrogens is 514 g/mol. The molecule has 2 rings (SSSR count). The van der Waals surface area contributed by atoms with E-state index >= 15 is 0 Å². The van der Waals surface area contributed by atoms with Crippen LogP contribution in [0.2, 0.25) is 0 Å². The standard InChI is InChI=1S/C31H37NO8/c1-5-16-39-31(37)25(21(2)3)19-26(33)29(23-14-10-7-11-15-23)32-30(36)24(17-27(34)38-4)18-28(35)40-20-22-12-8-6-9-13-22/h5-15,21,24-25,29H,1,16-20H2,2-4H3,(H,32,36)/t24-,25+,29+/m1/s1. The first kappa shape index (κ1) is 31.9. The highest BCUT2D eigenvalue weighted by atomic mass is 16.5. The van der Waals surface area contributed by atoms with Gasteiger partial charge in [0.15, 0.2) is 5.78 Å². The van der Waals surface area contributed by atoms with Gasteiger partial charge in [-0.25, -0.2) is 0 Å². The second-order valence-corrected chi connectivity index (χ2v) is 9.62. The molecule has 0 aliphatic carbocycles. The minimum atomic E-state index is -1.15. The van der Waals surface area contributed by atoms with Gasteiger partial charge in [0.25, 0.3) is 0 Å². The molecule has 0 fully saturated rings. The Labute approximate surface area is 234 Å². The zero-order valence-electron chi connectivity index (χ0n) is 23.2. The van der Waals surface area contributed by atoms with Gasteiger partial charge in [-0.2, -0.15) is 0 Å². The summed E-state index contributed by atoms with van der Waals surface area (Å²) in [6, 6.07) is 16.4. The normalized spacial score (nSPS) is 12.9. The number of carbonyl (C=O) groups excluding carboxylic acids is 5. The van der Waals surface area contributed by atoms with E-state index in [-0.39, 0.29) is 32.0 Å². The van der Waals surface area contributed by atoms with E-state index in [1.54, 1.807) is 68.4 Å². The molecule has 40 heavy (non-hydrogen) atoms. The van der Waals surface area contributed by atoms with E-state index in [1.165, 1.54) is 13.2 Å².